The van der Waals surface area contributed by atoms with E-state index in [0.717, 1.165) is 17.7 Å². The van der Waals surface area contributed by atoms with Crippen LogP contribution < -0.4 is 10.1 Å². The van der Waals surface area contributed by atoms with Crippen LogP contribution in [0.15, 0.2) is 18.5 Å². The maximum atomic E-state index is 5.84. The summed E-state index contributed by atoms with van der Waals surface area (Å²) in [5, 5.41) is 4.22. The third-order valence-electron chi connectivity index (χ3n) is 3.39. The Hall–Kier alpha value is -0.510. The van der Waals surface area contributed by atoms with E-state index < -0.39 is 0 Å². The SMILES string of the molecule is Cl.Clc1cncc(OC[C@@H]2CC[C@H]3C[C@H]3N2)c1. The second kappa shape index (κ2) is 5.42. The first-order valence-corrected chi connectivity index (χ1v) is 6.18. The molecular weight excluding hydrogens is 259 g/mol. The van der Waals surface area contributed by atoms with Crippen molar-refractivity contribution in [1.29, 1.82) is 0 Å². The second-order valence-electron chi connectivity index (χ2n) is 4.69. The van der Waals surface area contributed by atoms with E-state index in [1.807, 2.05) is 0 Å². The molecule has 1 aromatic heterocycles. The number of hydrogen-bond donors (Lipinski definition) is 1. The Labute approximate surface area is 112 Å². The summed E-state index contributed by atoms with van der Waals surface area (Å²) in [5.74, 6) is 1.70. The van der Waals surface area contributed by atoms with E-state index in [4.69, 9.17) is 16.3 Å². The van der Waals surface area contributed by atoms with Crippen LogP contribution in [0.5, 0.6) is 5.75 Å². The van der Waals surface area contributed by atoms with Crippen LogP contribution in [0.3, 0.4) is 0 Å². The van der Waals surface area contributed by atoms with Gasteiger partial charge in [-0.3, -0.25) is 4.98 Å². The highest BCUT2D eigenvalue weighted by Crippen LogP contribution is 2.39. The molecule has 17 heavy (non-hydrogen) atoms. The molecule has 0 radical (unpaired) electrons. The number of rotatable bonds is 3. The van der Waals surface area contributed by atoms with Crippen molar-refractivity contribution in [1.82, 2.24) is 10.3 Å². The Bertz CT molecular complexity index is 389. The summed E-state index contributed by atoms with van der Waals surface area (Å²) < 4.78 is 5.68. The van der Waals surface area contributed by atoms with Gasteiger partial charge in [0.2, 0.25) is 0 Å². The summed E-state index contributed by atoms with van der Waals surface area (Å²) in [5.41, 5.74) is 0. The zero-order chi connectivity index (χ0) is 11.0. The van der Waals surface area contributed by atoms with E-state index in [1.54, 1.807) is 18.5 Å². The molecule has 1 aliphatic carbocycles. The molecule has 3 rings (SSSR count). The van der Waals surface area contributed by atoms with Gasteiger partial charge in [0, 0.05) is 24.3 Å². The van der Waals surface area contributed by atoms with Gasteiger partial charge in [-0.2, -0.15) is 0 Å². The van der Waals surface area contributed by atoms with Gasteiger partial charge in [-0.15, -0.1) is 12.4 Å². The van der Waals surface area contributed by atoms with Crippen molar-refractivity contribution in [3.8, 4) is 5.75 Å². The first-order valence-electron chi connectivity index (χ1n) is 5.80. The zero-order valence-corrected chi connectivity index (χ0v) is 11.0. The molecule has 1 aliphatic heterocycles. The summed E-state index contributed by atoms with van der Waals surface area (Å²) in [6, 6.07) is 3.06. The van der Waals surface area contributed by atoms with Gasteiger partial charge in [-0.1, -0.05) is 11.6 Å². The van der Waals surface area contributed by atoms with Crippen LogP contribution >= 0.6 is 24.0 Å². The fourth-order valence-corrected chi connectivity index (χ4v) is 2.54. The number of hydrogen-bond acceptors (Lipinski definition) is 3. The highest BCUT2D eigenvalue weighted by Gasteiger charge is 2.41. The van der Waals surface area contributed by atoms with Crippen LogP contribution in [-0.2, 0) is 0 Å². The third-order valence-corrected chi connectivity index (χ3v) is 3.60. The second-order valence-corrected chi connectivity index (χ2v) is 5.13. The van der Waals surface area contributed by atoms with Crippen molar-refractivity contribution >= 4 is 24.0 Å². The first-order chi connectivity index (χ1) is 7.81. The maximum absolute atomic E-state index is 5.84. The topological polar surface area (TPSA) is 34.1 Å². The predicted octanol–water partition coefficient (Wildman–Crippen LogP) is 2.68. The summed E-state index contributed by atoms with van der Waals surface area (Å²) in [4.78, 5) is 3.99. The largest absolute Gasteiger partial charge is 0.490 e. The first kappa shape index (κ1) is 12.9. The number of pyridine rings is 1. The Kier molecular flexibility index (Phi) is 4.13. The number of aromatic nitrogens is 1. The van der Waals surface area contributed by atoms with E-state index in [9.17, 15) is 0 Å². The Morgan fingerprint density at radius 2 is 2.29 bits per heavy atom. The molecule has 0 unspecified atom stereocenters. The number of piperidine rings is 1. The van der Waals surface area contributed by atoms with Crippen LogP contribution in [0.1, 0.15) is 19.3 Å². The number of nitrogens with one attached hydrogen (secondary N) is 1. The van der Waals surface area contributed by atoms with Gasteiger partial charge >= 0.3 is 0 Å². The molecule has 1 saturated carbocycles. The molecule has 0 aromatic carbocycles. The van der Waals surface area contributed by atoms with Crippen molar-refractivity contribution in [3.63, 3.8) is 0 Å². The molecule has 0 amide bonds. The monoisotopic (exact) mass is 274 g/mol. The van der Waals surface area contributed by atoms with Crippen LogP contribution in [0.4, 0.5) is 0 Å². The fraction of sp³-hybridized carbons (Fsp3) is 0.583. The maximum Gasteiger partial charge on any atom is 0.139 e. The van der Waals surface area contributed by atoms with E-state index in [2.05, 4.69) is 10.3 Å². The zero-order valence-electron chi connectivity index (χ0n) is 9.43. The molecule has 1 aromatic rings. The lowest BCUT2D eigenvalue weighted by atomic mass is 10.1. The van der Waals surface area contributed by atoms with Crippen LogP contribution in [-0.4, -0.2) is 23.7 Å². The molecule has 0 spiro atoms. The highest BCUT2D eigenvalue weighted by molar-refractivity contribution is 6.30. The van der Waals surface area contributed by atoms with Crippen molar-refractivity contribution < 1.29 is 4.74 Å². The van der Waals surface area contributed by atoms with Crippen LogP contribution in [0.25, 0.3) is 0 Å². The van der Waals surface area contributed by atoms with Gasteiger partial charge in [0.1, 0.15) is 12.4 Å². The van der Waals surface area contributed by atoms with E-state index in [-0.39, 0.29) is 12.4 Å². The molecular formula is C12H16Cl2N2O. The van der Waals surface area contributed by atoms with Crippen LogP contribution in [0, 0.1) is 5.92 Å². The quantitative estimate of drug-likeness (QED) is 0.921. The Morgan fingerprint density at radius 3 is 3.06 bits per heavy atom. The van der Waals surface area contributed by atoms with E-state index >= 15 is 0 Å². The lowest BCUT2D eigenvalue weighted by molar-refractivity contribution is 0.236. The van der Waals surface area contributed by atoms with Gasteiger partial charge in [-0.05, 0) is 25.2 Å². The average molecular weight is 275 g/mol. The van der Waals surface area contributed by atoms with Gasteiger partial charge in [0.25, 0.3) is 0 Å². The van der Waals surface area contributed by atoms with Gasteiger partial charge in [-0.25, -0.2) is 0 Å². The number of fused-ring (bicyclic) bond motifs is 1. The number of nitrogens with zero attached hydrogens (tertiary/aromatic N) is 1. The highest BCUT2D eigenvalue weighted by atomic mass is 35.5. The van der Waals surface area contributed by atoms with Gasteiger partial charge in [0.05, 0.1) is 11.2 Å². The lowest BCUT2D eigenvalue weighted by Gasteiger charge is -2.23. The summed E-state index contributed by atoms with van der Waals surface area (Å²) >= 11 is 5.84. The summed E-state index contributed by atoms with van der Waals surface area (Å²) in [6.07, 6.45) is 7.24. The molecule has 5 heteroatoms. The average Bonchev–Trinajstić information content (AvgIpc) is 3.04. The van der Waals surface area contributed by atoms with Crippen molar-refractivity contribution in [2.45, 2.75) is 31.3 Å². The molecule has 1 saturated heterocycles. The minimum atomic E-state index is 0. The van der Waals surface area contributed by atoms with Gasteiger partial charge in [0.15, 0.2) is 0 Å². The smallest absolute Gasteiger partial charge is 0.139 e. The third kappa shape index (κ3) is 3.24. The summed E-state index contributed by atoms with van der Waals surface area (Å²) in [6.45, 7) is 0.714. The minimum Gasteiger partial charge on any atom is -0.490 e. The molecule has 2 heterocycles. The van der Waals surface area contributed by atoms with Crippen molar-refractivity contribution in [2.75, 3.05) is 6.61 Å². The standard InChI is InChI=1S/C12H15ClN2O.ClH/c13-9-4-11(6-14-5-9)16-7-10-2-1-8-3-12(8)15-10;/h4-6,8,10,12,15H,1-3,7H2;1H/t8-,10-,12+;/m0./s1. The summed E-state index contributed by atoms with van der Waals surface area (Å²) in [7, 11) is 0. The van der Waals surface area contributed by atoms with Gasteiger partial charge < -0.3 is 10.1 Å². The van der Waals surface area contributed by atoms with E-state index in [0.29, 0.717) is 17.7 Å². The number of ether oxygens (including phenoxy) is 1. The normalized spacial score (nSPS) is 30.1. The molecule has 2 fully saturated rings. The van der Waals surface area contributed by atoms with Crippen molar-refractivity contribution in [3.05, 3.63) is 23.5 Å². The molecule has 0 bridgehead atoms. The molecule has 2 aliphatic rings. The molecule has 94 valence electrons. The Morgan fingerprint density at radius 1 is 1.41 bits per heavy atom. The lowest BCUT2D eigenvalue weighted by Crippen LogP contribution is -2.39. The minimum absolute atomic E-state index is 0. The predicted molar refractivity (Wildman–Crippen MR) is 70.0 cm³/mol. The number of halogens is 2. The molecule has 1 N–H and O–H groups in total. The Balaban J connectivity index is 0.00000108. The fourth-order valence-electron chi connectivity index (χ4n) is 2.37. The molecule has 3 atom stereocenters. The van der Waals surface area contributed by atoms with E-state index in [1.165, 1.54) is 19.3 Å². The van der Waals surface area contributed by atoms with Crippen LogP contribution in [0.2, 0.25) is 5.02 Å². The van der Waals surface area contributed by atoms with Crippen molar-refractivity contribution in [2.24, 2.45) is 5.92 Å². The molecule has 3 nitrogen and oxygen atoms in total.